The van der Waals surface area contributed by atoms with E-state index in [1.165, 1.54) is 0 Å². The van der Waals surface area contributed by atoms with E-state index in [2.05, 4.69) is 15.3 Å². The van der Waals surface area contributed by atoms with Gasteiger partial charge in [-0.25, -0.2) is 4.98 Å². The van der Waals surface area contributed by atoms with Crippen LogP contribution in [-0.2, 0) is 12.0 Å². The van der Waals surface area contributed by atoms with Gasteiger partial charge in [0.25, 0.3) is 11.5 Å². The van der Waals surface area contributed by atoms with E-state index in [9.17, 15) is 14.7 Å². The van der Waals surface area contributed by atoms with Gasteiger partial charge in [0.15, 0.2) is 5.69 Å². The van der Waals surface area contributed by atoms with Crippen LogP contribution in [0.4, 0.5) is 0 Å². The smallest absolute Gasteiger partial charge is 0.279 e. The van der Waals surface area contributed by atoms with Gasteiger partial charge < -0.3 is 15.4 Å². The number of aromatic nitrogens is 2. The summed E-state index contributed by atoms with van der Waals surface area (Å²) >= 11 is 0. The Bertz CT molecular complexity index is 828. The highest BCUT2D eigenvalue weighted by Crippen LogP contribution is 2.36. The van der Waals surface area contributed by atoms with Crippen LogP contribution in [0.1, 0.15) is 39.4 Å². The Morgan fingerprint density at radius 2 is 2.13 bits per heavy atom. The van der Waals surface area contributed by atoms with E-state index in [0.29, 0.717) is 17.8 Å². The van der Waals surface area contributed by atoms with Crippen molar-refractivity contribution in [2.45, 2.75) is 32.3 Å². The molecule has 1 unspecified atom stereocenters. The average molecular weight is 313 g/mol. The van der Waals surface area contributed by atoms with Crippen molar-refractivity contribution in [2.75, 3.05) is 6.54 Å². The largest absolute Gasteiger partial charge is 0.383 e. The quantitative estimate of drug-likeness (QED) is 0.786. The lowest BCUT2D eigenvalue weighted by molar-refractivity contribution is 0.0368. The molecule has 0 bridgehead atoms. The molecular weight excluding hydrogens is 294 g/mol. The first-order valence-electron chi connectivity index (χ1n) is 7.57. The summed E-state index contributed by atoms with van der Waals surface area (Å²) in [6, 6.07) is 7.65. The second-order valence-corrected chi connectivity index (χ2v) is 6.00. The SMILES string of the molecule is Cc1nc(C(=O)NCC2(O)CCc3ccccc32)c(=O)[nH]c1C. The summed E-state index contributed by atoms with van der Waals surface area (Å²) in [7, 11) is 0. The summed E-state index contributed by atoms with van der Waals surface area (Å²) < 4.78 is 0. The number of aromatic amines is 1. The van der Waals surface area contributed by atoms with Crippen molar-refractivity contribution in [1.29, 1.82) is 0 Å². The zero-order chi connectivity index (χ0) is 16.6. The van der Waals surface area contributed by atoms with Crippen molar-refractivity contribution in [2.24, 2.45) is 0 Å². The van der Waals surface area contributed by atoms with E-state index >= 15 is 0 Å². The summed E-state index contributed by atoms with van der Waals surface area (Å²) in [5.74, 6) is -0.577. The molecule has 6 nitrogen and oxygen atoms in total. The van der Waals surface area contributed by atoms with E-state index in [4.69, 9.17) is 0 Å². The van der Waals surface area contributed by atoms with Gasteiger partial charge in [-0.15, -0.1) is 0 Å². The van der Waals surface area contributed by atoms with Gasteiger partial charge in [0.1, 0.15) is 5.60 Å². The van der Waals surface area contributed by atoms with E-state index in [-0.39, 0.29) is 12.2 Å². The Balaban J connectivity index is 1.78. The lowest BCUT2D eigenvalue weighted by Crippen LogP contribution is -2.41. The highest BCUT2D eigenvalue weighted by Gasteiger charge is 2.36. The second-order valence-electron chi connectivity index (χ2n) is 6.00. The molecule has 23 heavy (non-hydrogen) atoms. The van der Waals surface area contributed by atoms with Crippen LogP contribution in [-0.4, -0.2) is 27.5 Å². The fraction of sp³-hybridized carbons (Fsp3) is 0.353. The third kappa shape index (κ3) is 2.77. The molecule has 120 valence electrons. The molecule has 0 saturated carbocycles. The van der Waals surface area contributed by atoms with E-state index in [1.807, 2.05) is 24.3 Å². The Labute approximate surface area is 133 Å². The van der Waals surface area contributed by atoms with Crippen molar-refractivity contribution in [3.8, 4) is 0 Å². The number of hydrogen-bond donors (Lipinski definition) is 3. The van der Waals surface area contributed by atoms with Crippen LogP contribution in [0, 0.1) is 13.8 Å². The number of hydrogen-bond acceptors (Lipinski definition) is 4. The fourth-order valence-electron chi connectivity index (χ4n) is 2.94. The zero-order valence-electron chi connectivity index (χ0n) is 13.1. The number of benzene rings is 1. The van der Waals surface area contributed by atoms with Crippen LogP contribution in [0.3, 0.4) is 0 Å². The second kappa shape index (κ2) is 5.62. The summed E-state index contributed by atoms with van der Waals surface area (Å²) in [6.45, 7) is 3.50. The summed E-state index contributed by atoms with van der Waals surface area (Å²) in [6.07, 6.45) is 1.31. The van der Waals surface area contributed by atoms with Crippen molar-refractivity contribution in [1.82, 2.24) is 15.3 Å². The highest BCUT2D eigenvalue weighted by molar-refractivity contribution is 5.92. The Kier molecular flexibility index (Phi) is 3.77. The minimum Gasteiger partial charge on any atom is -0.383 e. The lowest BCUT2D eigenvalue weighted by atomic mass is 9.96. The molecule has 3 N–H and O–H groups in total. The van der Waals surface area contributed by atoms with Gasteiger partial charge in [-0.1, -0.05) is 24.3 Å². The maximum atomic E-state index is 12.2. The Hall–Kier alpha value is -2.47. The zero-order valence-corrected chi connectivity index (χ0v) is 13.1. The normalized spacial score (nSPS) is 19.4. The van der Waals surface area contributed by atoms with Gasteiger partial charge in [0.05, 0.1) is 12.2 Å². The van der Waals surface area contributed by atoms with Crippen molar-refractivity contribution >= 4 is 5.91 Å². The molecule has 3 rings (SSSR count). The molecule has 1 aliphatic carbocycles. The summed E-state index contributed by atoms with van der Waals surface area (Å²) in [5, 5.41) is 13.4. The van der Waals surface area contributed by atoms with Crippen LogP contribution in [0.5, 0.6) is 0 Å². The van der Waals surface area contributed by atoms with Crippen LogP contribution >= 0.6 is 0 Å². The number of nitrogens with zero attached hydrogens (tertiary/aromatic N) is 1. The monoisotopic (exact) mass is 313 g/mol. The molecule has 2 aromatic rings. The molecule has 0 aliphatic heterocycles. The first-order valence-corrected chi connectivity index (χ1v) is 7.57. The third-order valence-electron chi connectivity index (χ3n) is 4.42. The van der Waals surface area contributed by atoms with Crippen LogP contribution in [0.25, 0.3) is 0 Å². The minimum absolute atomic E-state index is 0.0525. The molecule has 0 radical (unpaired) electrons. The van der Waals surface area contributed by atoms with Gasteiger partial charge in [-0.05, 0) is 37.8 Å². The standard InChI is InChI=1S/C17H19N3O3/c1-10-11(2)20-16(22)14(19-10)15(21)18-9-17(23)8-7-12-5-3-4-6-13(12)17/h3-6,23H,7-9H2,1-2H3,(H,18,21)(H,20,22). The summed E-state index contributed by atoms with van der Waals surface area (Å²) in [4.78, 5) is 30.7. The predicted molar refractivity (Wildman–Crippen MR) is 85.3 cm³/mol. The highest BCUT2D eigenvalue weighted by atomic mass is 16.3. The molecule has 0 spiro atoms. The maximum absolute atomic E-state index is 12.2. The number of carbonyl (C=O) groups is 1. The first kappa shape index (κ1) is 15.4. The van der Waals surface area contributed by atoms with Gasteiger partial charge in [-0.2, -0.15) is 0 Å². The van der Waals surface area contributed by atoms with Crippen LogP contribution in [0.15, 0.2) is 29.1 Å². The predicted octanol–water partition coefficient (Wildman–Crippen LogP) is 0.951. The van der Waals surface area contributed by atoms with Crippen LogP contribution in [0.2, 0.25) is 0 Å². The number of carbonyl (C=O) groups excluding carboxylic acids is 1. The third-order valence-corrected chi connectivity index (χ3v) is 4.42. The van der Waals surface area contributed by atoms with Crippen molar-refractivity contribution < 1.29 is 9.90 Å². The number of fused-ring (bicyclic) bond motifs is 1. The Morgan fingerprint density at radius 1 is 1.39 bits per heavy atom. The number of nitrogens with one attached hydrogen (secondary N) is 2. The van der Waals surface area contributed by atoms with Gasteiger partial charge >= 0.3 is 0 Å². The number of aryl methyl sites for hydroxylation is 3. The molecule has 1 aromatic carbocycles. The molecule has 6 heteroatoms. The molecule has 1 aromatic heterocycles. The number of rotatable bonds is 3. The molecular formula is C17H19N3O3. The first-order chi connectivity index (χ1) is 10.9. The number of aliphatic hydroxyl groups is 1. The van der Waals surface area contributed by atoms with E-state index in [1.54, 1.807) is 13.8 Å². The number of amides is 1. The minimum atomic E-state index is -1.10. The average Bonchev–Trinajstić information content (AvgIpc) is 2.87. The van der Waals surface area contributed by atoms with Crippen LogP contribution < -0.4 is 10.9 Å². The molecule has 1 amide bonds. The van der Waals surface area contributed by atoms with Gasteiger partial charge in [-0.3, -0.25) is 9.59 Å². The maximum Gasteiger partial charge on any atom is 0.279 e. The molecule has 1 atom stereocenters. The van der Waals surface area contributed by atoms with E-state index in [0.717, 1.165) is 17.5 Å². The molecule has 1 heterocycles. The fourth-order valence-corrected chi connectivity index (χ4v) is 2.94. The molecule has 0 fully saturated rings. The van der Waals surface area contributed by atoms with Gasteiger partial charge in [0, 0.05) is 5.69 Å². The summed E-state index contributed by atoms with van der Waals surface area (Å²) in [5.41, 5.74) is 1.36. The van der Waals surface area contributed by atoms with Gasteiger partial charge in [0.2, 0.25) is 0 Å². The van der Waals surface area contributed by atoms with E-state index < -0.39 is 17.1 Å². The lowest BCUT2D eigenvalue weighted by Gasteiger charge is -2.24. The molecule has 0 saturated heterocycles. The Morgan fingerprint density at radius 3 is 2.91 bits per heavy atom. The number of H-pyrrole nitrogens is 1. The topological polar surface area (TPSA) is 95.1 Å². The van der Waals surface area contributed by atoms with Crippen molar-refractivity contribution in [3.63, 3.8) is 0 Å². The van der Waals surface area contributed by atoms with Crippen molar-refractivity contribution in [3.05, 3.63) is 62.8 Å². The molecule has 1 aliphatic rings.